The number of aromatic nitrogens is 1. The Bertz CT molecular complexity index is 560. The van der Waals surface area contributed by atoms with Crippen molar-refractivity contribution >= 4 is 10.9 Å². The summed E-state index contributed by atoms with van der Waals surface area (Å²) in [5.74, 6) is 0.751. The summed E-state index contributed by atoms with van der Waals surface area (Å²) in [6.45, 7) is 9.80. The van der Waals surface area contributed by atoms with E-state index in [1.807, 2.05) is 6.92 Å². The number of nitrogens with one attached hydrogen (secondary N) is 1. The van der Waals surface area contributed by atoms with Gasteiger partial charge in [-0.3, -0.25) is 4.98 Å². The molecule has 1 aromatic carbocycles. The molecule has 2 heteroatoms. The molecule has 0 saturated heterocycles. The first-order valence-corrected chi connectivity index (χ1v) is 7.71. The lowest BCUT2D eigenvalue weighted by Gasteiger charge is -2.20. The van der Waals surface area contributed by atoms with Crippen LogP contribution in [0.1, 0.15) is 50.9 Å². The molecule has 0 spiro atoms. The number of hydrogen-bond acceptors (Lipinski definition) is 2. The molecule has 1 N–H and O–H groups in total. The van der Waals surface area contributed by atoms with Gasteiger partial charge in [0.2, 0.25) is 0 Å². The Morgan fingerprint density at radius 2 is 1.90 bits per heavy atom. The van der Waals surface area contributed by atoms with Gasteiger partial charge in [0, 0.05) is 17.1 Å². The van der Waals surface area contributed by atoms with E-state index in [-0.39, 0.29) is 0 Å². The van der Waals surface area contributed by atoms with Gasteiger partial charge in [-0.05, 0) is 56.0 Å². The molecule has 2 rings (SSSR count). The van der Waals surface area contributed by atoms with Crippen molar-refractivity contribution in [2.75, 3.05) is 6.54 Å². The number of rotatable bonds is 6. The highest BCUT2D eigenvalue weighted by atomic mass is 14.9. The van der Waals surface area contributed by atoms with Crippen LogP contribution in [0.3, 0.4) is 0 Å². The number of nitrogens with zero attached hydrogens (tertiary/aromatic N) is 1. The number of aryl methyl sites for hydroxylation is 1. The van der Waals surface area contributed by atoms with Crippen LogP contribution in [0, 0.1) is 12.8 Å². The molecule has 0 amide bonds. The second-order valence-corrected chi connectivity index (χ2v) is 5.99. The number of fused-ring (bicyclic) bond motifs is 1. The lowest BCUT2D eigenvalue weighted by atomic mass is 9.96. The Hall–Kier alpha value is -1.41. The molecule has 0 aliphatic rings. The van der Waals surface area contributed by atoms with E-state index in [1.54, 1.807) is 0 Å². The highest BCUT2D eigenvalue weighted by Gasteiger charge is 2.11. The summed E-state index contributed by atoms with van der Waals surface area (Å²) in [7, 11) is 0. The summed E-state index contributed by atoms with van der Waals surface area (Å²) in [5, 5.41) is 4.85. The Labute approximate surface area is 122 Å². The Morgan fingerprint density at radius 1 is 1.10 bits per heavy atom. The first kappa shape index (κ1) is 15.0. The summed E-state index contributed by atoms with van der Waals surface area (Å²) in [5.41, 5.74) is 3.55. The van der Waals surface area contributed by atoms with Crippen LogP contribution in [-0.4, -0.2) is 11.5 Å². The van der Waals surface area contributed by atoms with E-state index in [0.717, 1.165) is 23.7 Å². The molecule has 0 fully saturated rings. The van der Waals surface area contributed by atoms with Crippen LogP contribution in [0.5, 0.6) is 0 Å². The van der Waals surface area contributed by atoms with Gasteiger partial charge in [-0.2, -0.15) is 0 Å². The SMILES string of the molecule is CCNC(CCC(C)C)c1ccc2nc(C)ccc2c1. The molecule has 20 heavy (non-hydrogen) atoms. The minimum absolute atomic E-state index is 0.452. The van der Waals surface area contributed by atoms with E-state index >= 15 is 0 Å². The minimum atomic E-state index is 0.452. The summed E-state index contributed by atoms with van der Waals surface area (Å²) in [4.78, 5) is 4.58. The Morgan fingerprint density at radius 3 is 2.60 bits per heavy atom. The largest absolute Gasteiger partial charge is 0.310 e. The Kier molecular flexibility index (Phi) is 5.13. The van der Waals surface area contributed by atoms with E-state index in [2.05, 4.69) is 61.4 Å². The summed E-state index contributed by atoms with van der Waals surface area (Å²) in [6, 6.07) is 11.4. The molecule has 1 aromatic heterocycles. The lowest BCUT2D eigenvalue weighted by Crippen LogP contribution is -2.21. The summed E-state index contributed by atoms with van der Waals surface area (Å²) in [6.07, 6.45) is 2.44. The highest BCUT2D eigenvalue weighted by molar-refractivity contribution is 5.79. The molecule has 0 bridgehead atoms. The third-order valence-corrected chi connectivity index (χ3v) is 3.74. The summed E-state index contributed by atoms with van der Waals surface area (Å²) < 4.78 is 0. The van der Waals surface area contributed by atoms with Gasteiger partial charge in [-0.25, -0.2) is 0 Å². The maximum atomic E-state index is 4.58. The zero-order valence-corrected chi connectivity index (χ0v) is 13.1. The van der Waals surface area contributed by atoms with Crippen LogP contribution < -0.4 is 5.32 Å². The van der Waals surface area contributed by atoms with Crippen LogP contribution in [-0.2, 0) is 0 Å². The van der Waals surface area contributed by atoms with Crippen LogP contribution in [0.15, 0.2) is 30.3 Å². The summed E-state index contributed by atoms with van der Waals surface area (Å²) >= 11 is 0. The molecule has 0 aliphatic heterocycles. The van der Waals surface area contributed by atoms with Gasteiger partial charge in [0.25, 0.3) is 0 Å². The van der Waals surface area contributed by atoms with E-state index in [0.29, 0.717) is 6.04 Å². The van der Waals surface area contributed by atoms with Crippen molar-refractivity contribution in [2.45, 2.75) is 46.6 Å². The molecule has 1 heterocycles. The minimum Gasteiger partial charge on any atom is -0.310 e. The van der Waals surface area contributed by atoms with Crippen molar-refractivity contribution in [3.05, 3.63) is 41.6 Å². The third-order valence-electron chi connectivity index (χ3n) is 3.74. The first-order valence-electron chi connectivity index (χ1n) is 7.71. The van der Waals surface area contributed by atoms with Gasteiger partial charge in [-0.15, -0.1) is 0 Å². The topological polar surface area (TPSA) is 24.9 Å². The van der Waals surface area contributed by atoms with E-state index in [9.17, 15) is 0 Å². The highest BCUT2D eigenvalue weighted by Crippen LogP contribution is 2.24. The van der Waals surface area contributed by atoms with Crippen molar-refractivity contribution in [3.8, 4) is 0 Å². The molecular weight excluding hydrogens is 244 g/mol. The molecule has 2 aromatic rings. The standard InChI is InChI=1S/C18H26N2/c1-5-19-17(10-6-13(2)3)15-9-11-18-16(12-15)8-7-14(4)20-18/h7-9,11-13,17,19H,5-6,10H2,1-4H3. The first-order chi connectivity index (χ1) is 9.60. The van der Waals surface area contributed by atoms with Crippen LogP contribution in [0.25, 0.3) is 10.9 Å². The molecule has 2 nitrogen and oxygen atoms in total. The monoisotopic (exact) mass is 270 g/mol. The van der Waals surface area contributed by atoms with E-state index in [1.165, 1.54) is 23.8 Å². The molecule has 1 unspecified atom stereocenters. The average molecular weight is 270 g/mol. The van der Waals surface area contributed by atoms with Gasteiger partial charge in [0.05, 0.1) is 5.52 Å². The quantitative estimate of drug-likeness (QED) is 0.827. The number of hydrogen-bond donors (Lipinski definition) is 1. The second kappa shape index (κ2) is 6.85. The van der Waals surface area contributed by atoms with Crippen molar-refractivity contribution in [2.24, 2.45) is 5.92 Å². The lowest BCUT2D eigenvalue weighted by molar-refractivity contribution is 0.449. The fourth-order valence-electron chi connectivity index (χ4n) is 2.60. The predicted octanol–water partition coefficient (Wildman–Crippen LogP) is 4.63. The normalized spacial score (nSPS) is 13.1. The van der Waals surface area contributed by atoms with Gasteiger partial charge < -0.3 is 5.32 Å². The Balaban J connectivity index is 2.25. The van der Waals surface area contributed by atoms with Crippen LogP contribution >= 0.6 is 0 Å². The molecule has 108 valence electrons. The van der Waals surface area contributed by atoms with Crippen LogP contribution in [0.4, 0.5) is 0 Å². The van der Waals surface area contributed by atoms with Crippen molar-refractivity contribution in [1.29, 1.82) is 0 Å². The number of benzene rings is 1. The maximum Gasteiger partial charge on any atom is 0.0705 e. The molecule has 0 saturated carbocycles. The fraction of sp³-hybridized carbons (Fsp3) is 0.500. The zero-order valence-electron chi connectivity index (χ0n) is 13.1. The zero-order chi connectivity index (χ0) is 14.5. The van der Waals surface area contributed by atoms with Gasteiger partial charge >= 0.3 is 0 Å². The predicted molar refractivity (Wildman–Crippen MR) is 87.0 cm³/mol. The third kappa shape index (κ3) is 3.80. The van der Waals surface area contributed by atoms with Gasteiger partial charge in [-0.1, -0.05) is 32.9 Å². The van der Waals surface area contributed by atoms with Crippen LogP contribution in [0.2, 0.25) is 0 Å². The fourth-order valence-corrected chi connectivity index (χ4v) is 2.60. The second-order valence-electron chi connectivity index (χ2n) is 5.99. The smallest absolute Gasteiger partial charge is 0.0705 e. The maximum absolute atomic E-state index is 4.58. The van der Waals surface area contributed by atoms with Crippen molar-refractivity contribution in [1.82, 2.24) is 10.3 Å². The van der Waals surface area contributed by atoms with Gasteiger partial charge in [0.1, 0.15) is 0 Å². The van der Waals surface area contributed by atoms with Gasteiger partial charge in [0.15, 0.2) is 0 Å². The number of pyridine rings is 1. The van der Waals surface area contributed by atoms with E-state index < -0.39 is 0 Å². The average Bonchev–Trinajstić information content (AvgIpc) is 2.42. The molecular formula is C18H26N2. The molecule has 0 aliphatic carbocycles. The van der Waals surface area contributed by atoms with E-state index in [4.69, 9.17) is 0 Å². The van der Waals surface area contributed by atoms with Crippen molar-refractivity contribution in [3.63, 3.8) is 0 Å². The molecule has 1 atom stereocenters. The molecule has 0 radical (unpaired) electrons. The van der Waals surface area contributed by atoms with Crippen molar-refractivity contribution < 1.29 is 0 Å².